The maximum absolute atomic E-state index is 12.8. The van der Waals surface area contributed by atoms with Crippen molar-refractivity contribution in [2.75, 3.05) is 11.9 Å². The molecular weight excluding hydrogens is 584 g/mol. The second kappa shape index (κ2) is 15.0. The number of benzene rings is 2. The van der Waals surface area contributed by atoms with Crippen LogP contribution >= 0.6 is 0 Å². The van der Waals surface area contributed by atoms with Crippen LogP contribution in [0, 0.1) is 17.0 Å². The Morgan fingerprint density at radius 2 is 1.50 bits per heavy atom. The fourth-order valence-electron chi connectivity index (χ4n) is 4.35. The summed E-state index contributed by atoms with van der Waals surface area (Å²) >= 11 is 0. The molecule has 0 bridgehead atoms. The van der Waals surface area contributed by atoms with Gasteiger partial charge in [-0.15, -0.1) is 0 Å². The number of nitrogens with one attached hydrogen (secondary N) is 1. The van der Waals surface area contributed by atoms with E-state index < -0.39 is 72.0 Å². The summed E-state index contributed by atoms with van der Waals surface area (Å²) in [4.78, 5) is 70.8. The van der Waals surface area contributed by atoms with Crippen LogP contribution in [0.25, 0.3) is 0 Å². The first-order valence-electron chi connectivity index (χ1n) is 13.3. The molecule has 5 atom stereocenters. The third kappa shape index (κ3) is 9.31. The van der Waals surface area contributed by atoms with Crippen LogP contribution in [0.4, 0.5) is 11.4 Å². The second-order valence-corrected chi connectivity index (χ2v) is 9.79. The van der Waals surface area contributed by atoms with Crippen LogP contribution in [0.3, 0.4) is 0 Å². The molecule has 1 fully saturated rings. The van der Waals surface area contributed by atoms with Gasteiger partial charge in [0.1, 0.15) is 12.7 Å². The average Bonchev–Trinajstić information content (AvgIpc) is 2.94. The van der Waals surface area contributed by atoms with Gasteiger partial charge in [-0.3, -0.25) is 34.1 Å². The molecule has 0 aromatic heterocycles. The van der Waals surface area contributed by atoms with Gasteiger partial charge in [-0.05, 0) is 30.2 Å². The topological polar surface area (TPSA) is 196 Å². The van der Waals surface area contributed by atoms with Gasteiger partial charge in [0.2, 0.25) is 0 Å². The van der Waals surface area contributed by atoms with E-state index in [0.29, 0.717) is 16.8 Å². The summed E-state index contributed by atoms with van der Waals surface area (Å²) < 4.78 is 33.1. The van der Waals surface area contributed by atoms with Crippen LogP contribution < -0.4 is 5.32 Å². The molecule has 1 saturated heterocycles. The van der Waals surface area contributed by atoms with Crippen LogP contribution in [0.15, 0.2) is 42.5 Å². The van der Waals surface area contributed by atoms with Gasteiger partial charge < -0.3 is 33.7 Å². The molecule has 2 aromatic carbocycles. The molecule has 15 nitrogen and oxygen atoms in total. The van der Waals surface area contributed by atoms with Gasteiger partial charge in [0.05, 0.1) is 11.5 Å². The van der Waals surface area contributed by atoms with Crippen molar-refractivity contribution in [3.63, 3.8) is 0 Å². The number of anilines is 1. The molecule has 0 radical (unpaired) electrons. The zero-order valence-electron chi connectivity index (χ0n) is 24.6. The van der Waals surface area contributed by atoms with E-state index in [1.807, 2.05) is 0 Å². The van der Waals surface area contributed by atoms with Gasteiger partial charge in [0, 0.05) is 51.1 Å². The summed E-state index contributed by atoms with van der Waals surface area (Å²) in [5.41, 5.74) is 1.45. The van der Waals surface area contributed by atoms with Crippen LogP contribution in [0.1, 0.15) is 49.2 Å². The minimum absolute atomic E-state index is 0.0813. The van der Waals surface area contributed by atoms with Gasteiger partial charge in [-0.25, -0.2) is 0 Å². The minimum Gasteiger partial charge on any atom is -0.463 e. The number of carbonyl (C=O) groups is 5. The lowest BCUT2D eigenvalue weighted by molar-refractivity contribution is -0.384. The van der Waals surface area contributed by atoms with Gasteiger partial charge >= 0.3 is 23.9 Å². The zero-order valence-corrected chi connectivity index (χ0v) is 24.6. The normalized spacial score (nSPS) is 21.0. The number of esters is 4. The predicted molar refractivity (Wildman–Crippen MR) is 149 cm³/mol. The van der Waals surface area contributed by atoms with E-state index in [9.17, 15) is 34.1 Å². The monoisotopic (exact) mass is 616 g/mol. The molecular formula is C29H32N2O13. The zero-order chi connectivity index (χ0) is 32.6. The fourth-order valence-corrected chi connectivity index (χ4v) is 4.35. The van der Waals surface area contributed by atoms with Gasteiger partial charge in [0.15, 0.2) is 24.6 Å². The first-order chi connectivity index (χ1) is 20.7. The third-order valence-electron chi connectivity index (χ3n) is 6.23. The van der Waals surface area contributed by atoms with E-state index in [2.05, 4.69) is 5.32 Å². The Bertz CT molecular complexity index is 1430. The number of hydrogen-bond donors (Lipinski definition) is 1. The maximum Gasteiger partial charge on any atom is 0.303 e. The molecule has 1 amide bonds. The van der Waals surface area contributed by atoms with Crippen molar-refractivity contribution in [1.29, 1.82) is 0 Å². The van der Waals surface area contributed by atoms with Crippen molar-refractivity contribution in [1.82, 2.24) is 0 Å². The molecule has 15 heteroatoms. The Balaban J connectivity index is 1.86. The first-order valence-corrected chi connectivity index (χ1v) is 13.3. The summed E-state index contributed by atoms with van der Waals surface area (Å²) in [7, 11) is 0. The molecule has 0 saturated carbocycles. The van der Waals surface area contributed by atoms with Gasteiger partial charge in [0.25, 0.3) is 11.6 Å². The summed E-state index contributed by atoms with van der Waals surface area (Å²) in [6, 6.07) is 10.3. The summed E-state index contributed by atoms with van der Waals surface area (Å²) in [6.45, 7) is 5.66. The predicted octanol–water partition coefficient (Wildman–Crippen LogP) is 2.76. The molecule has 0 aliphatic carbocycles. The average molecular weight is 617 g/mol. The number of carbonyl (C=O) groups excluding carboxylic acids is 5. The Morgan fingerprint density at radius 1 is 0.864 bits per heavy atom. The lowest BCUT2D eigenvalue weighted by Gasteiger charge is -2.44. The molecule has 1 heterocycles. The number of ether oxygens (including phenoxy) is 6. The number of aryl methyl sites for hydroxylation is 1. The Hall–Kier alpha value is -4.89. The molecule has 0 spiro atoms. The highest BCUT2D eigenvalue weighted by Crippen LogP contribution is 2.31. The number of non-ortho nitro benzene ring substituents is 1. The quantitative estimate of drug-likeness (QED) is 0.168. The van der Waals surface area contributed by atoms with Crippen molar-refractivity contribution >= 4 is 41.2 Å². The Kier molecular flexibility index (Phi) is 11.5. The van der Waals surface area contributed by atoms with Crippen LogP contribution in [-0.2, 0) is 54.2 Å². The number of nitro benzene ring substituents is 1. The van der Waals surface area contributed by atoms with E-state index in [-0.39, 0.29) is 17.9 Å². The highest BCUT2D eigenvalue weighted by Gasteiger charge is 2.52. The molecule has 1 aliphatic rings. The Morgan fingerprint density at radius 3 is 2.11 bits per heavy atom. The van der Waals surface area contributed by atoms with E-state index >= 15 is 0 Å². The Labute approximate surface area is 251 Å². The lowest BCUT2D eigenvalue weighted by Crippen LogP contribution is -2.62. The lowest BCUT2D eigenvalue weighted by atomic mass is 9.98. The van der Waals surface area contributed by atoms with E-state index in [4.69, 9.17) is 28.4 Å². The maximum atomic E-state index is 12.8. The molecule has 1 N–H and O–H groups in total. The number of hydrogen-bond acceptors (Lipinski definition) is 13. The van der Waals surface area contributed by atoms with Crippen molar-refractivity contribution in [3.05, 3.63) is 69.3 Å². The third-order valence-corrected chi connectivity index (χ3v) is 6.23. The number of nitrogens with zero attached hydrogens (tertiary/aromatic N) is 1. The van der Waals surface area contributed by atoms with Gasteiger partial charge in [-0.1, -0.05) is 18.2 Å². The SMILES string of the molecule is CC(=O)OC[C@H]1O[C@@H](OCc2ccc(C)c(NC(=O)c3cccc([N+](=O)[O-])c3)c2)[C@H](OC(C)=O)[C@@H](OC(C)=O)[C@@H]1OC(C)=O. The van der Waals surface area contributed by atoms with Crippen molar-refractivity contribution < 1.29 is 57.3 Å². The van der Waals surface area contributed by atoms with Crippen LogP contribution in [-0.4, -0.2) is 72.0 Å². The first kappa shape index (κ1) is 33.6. The van der Waals surface area contributed by atoms with Crippen molar-refractivity contribution in [3.8, 4) is 0 Å². The number of nitro groups is 1. The highest BCUT2D eigenvalue weighted by atomic mass is 16.7. The minimum atomic E-state index is -1.40. The molecule has 1 aliphatic heterocycles. The van der Waals surface area contributed by atoms with Crippen LogP contribution in [0.2, 0.25) is 0 Å². The smallest absolute Gasteiger partial charge is 0.303 e. The molecule has 44 heavy (non-hydrogen) atoms. The molecule has 0 unspecified atom stereocenters. The van der Waals surface area contributed by atoms with E-state index in [1.165, 1.54) is 18.2 Å². The molecule has 236 valence electrons. The number of rotatable bonds is 11. The van der Waals surface area contributed by atoms with Crippen molar-refractivity contribution in [2.45, 2.75) is 71.9 Å². The van der Waals surface area contributed by atoms with Crippen molar-refractivity contribution in [2.24, 2.45) is 0 Å². The summed E-state index contributed by atoms with van der Waals surface area (Å²) in [5, 5.41) is 13.8. The van der Waals surface area contributed by atoms with Crippen LogP contribution in [0.5, 0.6) is 0 Å². The molecule has 2 aromatic rings. The second-order valence-electron chi connectivity index (χ2n) is 9.79. The van der Waals surface area contributed by atoms with Gasteiger partial charge in [-0.2, -0.15) is 0 Å². The fraction of sp³-hybridized carbons (Fsp3) is 0.414. The highest BCUT2D eigenvalue weighted by molar-refractivity contribution is 6.05. The van der Waals surface area contributed by atoms with E-state index in [1.54, 1.807) is 25.1 Å². The summed E-state index contributed by atoms with van der Waals surface area (Å²) in [6.07, 6.45) is -6.67. The van der Waals surface area contributed by atoms with E-state index in [0.717, 1.165) is 33.8 Å². The largest absolute Gasteiger partial charge is 0.463 e. The number of amides is 1. The standard InChI is InChI=1S/C29H32N2O13/c1-15-9-10-20(11-23(15)30-28(36)21-7-6-8-22(12-21)31(37)38)13-40-29-27(43-19(5)35)26(42-18(4)34)25(41-17(3)33)24(44-29)14-39-16(2)32/h6-12,24-27,29H,13-14H2,1-5H3,(H,30,36)/t24-,25-,26+,27-,29-/m1/s1. The summed E-state index contributed by atoms with van der Waals surface area (Å²) in [5.74, 6) is -3.54. The molecule has 3 rings (SSSR count).